The van der Waals surface area contributed by atoms with Crippen molar-refractivity contribution < 1.29 is 4.79 Å². The van der Waals surface area contributed by atoms with Crippen molar-refractivity contribution in [3.8, 4) is 0 Å². The smallest absolute Gasteiger partial charge is 0.185 e. The number of benzene rings is 1. The molecule has 2 aliphatic carbocycles. The number of ketones is 1. The molecule has 104 valence electrons. The van der Waals surface area contributed by atoms with Crippen LogP contribution in [0.4, 0.5) is 0 Å². The maximum absolute atomic E-state index is 12.9. The van der Waals surface area contributed by atoms with Gasteiger partial charge < -0.3 is 0 Å². The highest BCUT2D eigenvalue weighted by Gasteiger charge is 2.48. The minimum atomic E-state index is 0.0392. The largest absolute Gasteiger partial charge is 0.292 e. The Balaban J connectivity index is 1.73. The van der Waals surface area contributed by atoms with E-state index in [9.17, 15) is 4.79 Å². The number of Topliss-reactive ketones (excluding diaryl/α,β-unsaturated/α-hetero) is 1. The second kappa shape index (κ2) is 4.96. The topological polar surface area (TPSA) is 30.0 Å². The molecule has 1 aromatic heterocycles. The second-order valence-electron chi connectivity index (χ2n) is 5.99. The van der Waals surface area contributed by atoms with Gasteiger partial charge in [0.25, 0.3) is 0 Å². The number of carbonyl (C=O) groups is 1. The van der Waals surface area contributed by atoms with Gasteiger partial charge in [-0.3, -0.25) is 9.78 Å². The molecule has 2 aromatic rings. The first-order valence-electron chi connectivity index (χ1n) is 7.53. The Labute approximate surface area is 124 Å². The van der Waals surface area contributed by atoms with Crippen molar-refractivity contribution in [2.24, 2.45) is 17.8 Å². The predicted molar refractivity (Wildman–Crippen MR) is 82.0 cm³/mol. The molecule has 4 rings (SSSR count). The molecule has 1 heterocycles. The lowest BCUT2D eigenvalue weighted by Crippen LogP contribution is -2.27. The standard InChI is InChI=1S/C19H17NO/c21-19(16-8-4-5-11-20-16)18-15-10-9-14(12-15)17(18)13-6-2-1-3-7-13/h1-11,14-15,17-18H,12H2/t14-,15+,17?,18+/m0/s1. The molecule has 0 spiro atoms. The summed E-state index contributed by atoms with van der Waals surface area (Å²) in [7, 11) is 0. The molecular formula is C19H17NO. The van der Waals surface area contributed by atoms with Crippen molar-refractivity contribution >= 4 is 5.78 Å². The van der Waals surface area contributed by atoms with E-state index in [1.54, 1.807) is 6.20 Å². The van der Waals surface area contributed by atoms with Gasteiger partial charge in [0.1, 0.15) is 5.69 Å². The average Bonchev–Trinajstić information content (AvgIpc) is 3.17. The zero-order chi connectivity index (χ0) is 14.2. The Hall–Kier alpha value is -2.22. The van der Waals surface area contributed by atoms with Gasteiger partial charge >= 0.3 is 0 Å². The summed E-state index contributed by atoms with van der Waals surface area (Å²) < 4.78 is 0. The van der Waals surface area contributed by atoms with Gasteiger partial charge in [0.2, 0.25) is 0 Å². The summed E-state index contributed by atoms with van der Waals surface area (Å²) in [5.41, 5.74) is 1.88. The van der Waals surface area contributed by atoms with Crippen LogP contribution in [0.1, 0.15) is 28.4 Å². The molecule has 2 bridgehead atoms. The molecule has 0 amide bonds. The molecule has 2 nitrogen and oxygen atoms in total. The maximum atomic E-state index is 12.9. The molecule has 0 aliphatic heterocycles. The van der Waals surface area contributed by atoms with Gasteiger partial charge in [-0.2, -0.15) is 0 Å². The van der Waals surface area contributed by atoms with Gasteiger partial charge in [-0.15, -0.1) is 0 Å². The second-order valence-corrected chi connectivity index (χ2v) is 5.99. The minimum Gasteiger partial charge on any atom is -0.292 e. The summed E-state index contributed by atoms with van der Waals surface area (Å²) in [5, 5.41) is 0. The van der Waals surface area contributed by atoms with Crippen LogP contribution >= 0.6 is 0 Å². The Kier molecular flexibility index (Phi) is 2.95. The lowest BCUT2D eigenvalue weighted by Gasteiger charge is -2.27. The highest BCUT2D eigenvalue weighted by Crippen LogP contribution is 2.53. The fourth-order valence-electron chi connectivity index (χ4n) is 3.99. The van der Waals surface area contributed by atoms with E-state index in [0.29, 0.717) is 23.4 Å². The first-order valence-corrected chi connectivity index (χ1v) is 7.53. The van der Waals surface area contributed by atoms with E-state index < -0.39 is 0 Å². The molecule has 0 saturated heterocycles. The molecule has 0 N–H and O–H groups in total. The number of aromatic nitrogens is 1. The van der Waals surface area contributed by atoms with Crippen LogP contribution in [0.3, 0.4) is 0 Å². The molecule has 4 atom stereocenters. The van der Waals surface area contributed by atoms with Crippen molar-refractivity contribution in [3.05, 3.63) is 78.1 Å². The van der Waals surface area contributed by atoms with Gasteiger partial charge in [0, 0.05) is 18.0 Å². The molecular weight excluding hydrogens is 258 g/mol. The summed E-state index contributed by atoms with van der Waals surface area (Å²) in [6.07, 6.45) is 7.33. The summed E-state index contributed by atoms with van der Waals surface area (Å²) in [5.74, 6) is 1.40. The van der Waals surface area contributed by atoms with Crippen LogP contribution in [0.25, 0.3) is 0 Å². The van der Waals surface area contributed by atoms with Crippen LogP contribution in [0, 0.1) is 17.8 Å². The van der Waals surface area contributed by atoms with Crippen LogP contribution in [-0.2, 0) is 0 Å². The summed E-state index contributed by atoms with van der Waals surface area (Å²) in [6.45, 7) is 0. The third kappa shape index (κ3) is 2.02. The highest BCUT2D eigenvalue weighted by molar-refractivity contribution is 5.97. The van der Waals surface area contributed by atoms with E-state index in [0.717, 1.165) is 6.42 Å². The first kappa shape index (κ1) is 12.5. The van der Waals surface area contributed by atoms with Gasteiger partial charge in [0.15, 0.2) is 5.78 Å². The fourth-order valence-corrected chi connectivity index (χ4v) is 3.99. The quantitative estimate of drug-likeness (QED) is 0.628. The number of hydrogen-bond donors (Lipinski definition) is 0. The van der Waals surface area contributed by atoms with Crippen LogP contribution < -0.4 is 0 Å². The van der Waals surface area contributed by atoms with E-state index in [1.807, 2.05) is 24.3 Å². The van der Waals surface area contributed by atoms with Gasteiger partial charge in [-0.1, -0.05) is 48.6 Å². The lowest BCUT2D eigenvalue weighted by atomic mass is 9.75. The minimum absolute atomic E-state index is 0.0392. The maximum Gasteiger partial charge on any atom is 0.185 e. The molecule has 2 aliphatic rings. The lowest BCUT2D eigenvalue weighted by molar-refractivity contribution is 0.0881. The summed E-state index contributed by atoms with van der Waals surface area (Å²) in [4.78, 5) is 17.2. The highest BCUT2D eigenvalue weighted by atomic mass is 16.1. The third-order valence-electron chi connectivity index (χ3n) is 4.86. The summed E-state index contributed by atoms with van der Waals surface area (Å²) in [6, 6.07) is 16.0. The zero-order valence-electron chi connectivity index (χ0n) is 11.7. The number of rotatable bonds is 3. The number of pyridine rings is 1. The Morgan fingerprint density at radius 1 is 0.952 bits per heavy atom. The molecule has 1 unspecified atom stereocenters. The number of fused-ring (bicyclic) bond motifs is 2. The Morgan fingerprint density at radius 2 is 1.71 bits per heavy atom. The van der Waals surface area contributed by atoms with Crippen LogP contribution in [0.15, 0.2) is 66.9 Å². The Bertz CT molecular complexity index is 677. The number of allylic oxidation sites excluding steroid dienone is 2. The van der Waals surface area contributed by atoms with Gasteiger partial charge in [-0.25, -0.2) is 0 Å². The van der Waals surface area contributed by atoms with Crippen molar-refractivity contribution in [1.29, 1.82) is 0 Å². The van der Waals surface area contributed by atoms with Crippen molar-refractivity contribution in [3.63, 3.8) is 0 Å². The number of nitrogens with zero attached hydrogens (tertiary/aromatic N) is 1. The number of hydrogen-bond acceptors (Lipinski definition) is 2. The average molecular weight is 275 g/mol. The van der Waals surface area contributed by atoms with E-state index in [1.165, 1.54) is 5.56 Å². The van der Waals surface area contributed by atoms with Crippen molar-refractivity contribution in [2.45, 2.75) is 12.3 Å². The predicted octanol–water partition coefficient (Wildman–Crippen LogP) is 3.87. The molecule has 1 aromatic carbocycles. The van der Waals surface area contributed by atoms with Crippen LogP contribution in [0.5, 0.6) is 0 Å². The van der Waals surface area contributed by atoms with Gasteiger partial charge in [0.05, 0.1) is 0 Å². The SMILES string of the molecule is O=C(c1ccccn1)[C@H]1C(c2ccccc2)[C@H]2C=C[C@@H]1C2. The molecule has 2 heteroatoms. The van der Waals surface area contributed by atoms with E-state index >= 15 is 0 Å². The monoisotopic (exact) mass is 275 g/mol. The third-order valence-corrected chi connectivity index (χ3v) is 4.86. The van der Waals surface area contributed by atoms with Crippen LogP contribution in [-0.4, -0.2) is 10.8 Å². The molecule has 1 saturated carbocycles. The Morgan fingerprint density at radius 3 is 2.48 bits per heavy atom. The first-order chi connectivity index (χ1) is 10.3. The zero-order valence-corrected chi connectivity index (χ0v) is 11.7. The van der Waals surface area contributed by atoms with E-state index in [-0.39, 0.29) is 11.7 Å². The molecule has 1 fully saturated rings. The van der Waals surface area contributed by atoms with Gasteiger partial charge in [-0.05, 0) is 36.0 Å². The van der Waals surface area contributed by atoms with E-state index in [4.69, 9.17) is 0 Å². The normalized spacial score (nSPS) is 29.7. The molecule has 0 radical (unpaired) electrons. The van der Waals surface area contributed by atoms with E-state index in [2.05, 4.69) is 41.4 Å². The van der Waals surface area contributed by atoms with Crippen LogP contribution in [0.2, 0.25) is 0 Å². The fraction of sp³-hybridized carbons (Fsp3) is 0.263. The van der Waals surface area contributed by atoms with Crippen molar-refractivity contribution in [2.75, 3.05) is 0 Å². The summed E-state index contributed by atoms with van der Waals surface area (Å²) >= 11 is 0. The van der Waals surface area contributed by atoms with Crippen molar-refractivity contribution in [1.82, 2.24) is 4.98 Å². The number of carbonyl (C=O) groups excluding carboxylic acids is 1. The molecule has 21 heavy (non-hydrogen) atoms.